The lowest BCUT2D eigenvalue weighted by molar-refractivity contribution is 0.0779. The summed E-state index contributed by atoms with van der Waals surface area (Å²) in [6, 6.07) is -0.179. The van der Waals surface area contributed by atoms with Crippen LogP contribution in [0.25, 0.3) is 0 Å². The molecule has 0 radical (unpaired) electrons. The maximum atomic E-state index is 9.54. The van der Waals surface area contributed by atoms with Gasteiger partial charge in [0.1, 0.15) is 0 Å². The molecule has 0 aliphatic rings. The van der Waals surface area contributed by atoms with E-state index in [2.05, 4.69) is 21.0 Å². The lowest BCUT2D eigenvalue weighted by atomic mass is 10.1. The first-order valence-corrected chi connectivity index (χ1v) is 5.35. The zero-order chi connectivity index (χ0) is 10.7. The fourth-order valence-electron chi connectivity index (χ4n) is 1.37. The minimum absolute atomic E-state index is 0.179. The van der Waals surface area contributed by atoms with E-state index in [-0.39, 0.29) is 6.04 Å². The second-order valence-corrected chi connectivity index (χ2v) is 4.45. The highest BCUT2D eigenvalue weighted by Gasteiger charge is 2.19. The van der Waals surface area contributed by atoms with Gasteiger partial charge in [-0.25, -0.2) is 0 Å². The lowest BCUT2D eigenvalue weighted by Gasteiger charge is -2.21. The Balaban J connectivity index is 2.77. The predicted molar refractivity (Wildman–Crippen MR) is 56.9 cm³/mol. The third-order valence-electron chi connectivity index (χ3n) is 2.05. The normalized spacial score (nSPS) is 17.8. The first kappa shape index (κ1) is 11.7. The molecule has 0 saturated heterocycles. The Hall–Kier alpha value is -0.390. The molecule has 14 heavy (non-hydrogen) atoms. The maximum Gasteiger partial charge on any atom is 0.0800 e. The van der Waals surface area contributed by atoms with Gasteiger partial charge in [0.25, 0.3) is 0 Å². The molecule has 0 bridgehead atoms. The van der Waals surface area contributed by atoms with E-state index in [1.54, 1.807) is 30.9 Å². The Morgan fingerprint density at radius 2 is 2.14 bits per heavy atom. The van der Waals surface area contributed by atoms with Crippen LogP contribution in [-0.2, 0) is 0 Å². The SMILES string of the molecule is C[C@H](O)C[C@H]([C@H](C)O)n1cc(Br)cn1. The van der Waals surface area contributed by atoms with Gasteiger partial charge in [0.2, 0.25) is 0 Å². The Morgan fingerprint density at radius 3 is 2.50 bits per heavy atom. The third kappa shape index (κ3) is 3.08. The van der Waals surface area contributed by atoms with Crippen molar-refractivity contribution in [3.63, 3.8) is 0 Å². The van der Waals surface area contributed by atoms with Gasteiger partial charge in [-0.15, -0.1) is 0 Å². The largest absolute Gasteiger partial charge is 0.393 e. The van der Waals surface area contributed by atoms with Gasteiger partial charge in [0, 0.05) is 6.20 Å². The number of halogens is 1. The summed E-state index contributed by atoms with van der Waals surface area (Å²) in [6.07, 6.45) is 2.97. The van der Waals surface area contributed by atoms with Crippen molar-refractivity contribution in [2.24, 2.45) is 0 Å². The van der Waals surface area contributed by atoms with Crippen LogP contribution in [0.3, 0.4) is 0 Å². The van der Waals surface area contributed by atoms with Crippen molar-refractivity contribution in [3.05, 3.63) is 16.9 Å². The van der Waals surface area contributed by atoms with Crippen molar-refractivity contribution in [2.75, 3.05) is 0 Å². The predicted octanol–water partition coefficient (Wildman–Crippen LogP) is 1.34. The minimum atomic E-state index is -0.531. The molecule has 80 valence electrons. The number of rotatable bonds is 4. The van der Waals surface area contributed by atoms with Gasteiger partial charge in [0.15, 0.2) is 0 Å². The standard InChI is InChI=1S/C9H15BrN2O2/c1-6(13)3-9(7(2)14)12-5-8(10)4-11-12/h4-7,9,13-14H,3H2,1-2H3/t6-,7-,9+/m0/s1. The number of aromatic nitrogens is 2. The number of aliphatic hydroxyl groups is 2. The summed E-state index contributed by atoms with van der Waals surface area (Å²) in [6.45, 7) is 3.40. The average molecular weight is 263 g/mol. The lowest BCUT2D eigenvalue weighted by Crippen LogP contribution is -2.25. The Morgan fingerprint density at radius 1 is 1.50 bits per heavy atom. The van der Waals surface area contributed by atoms with Crippen molar-refractivity contribution < 1.29 is 10.2 Å². The molecule has 1 aromatic heterocycles. The number of aliphatic hydroxyl groups excluding tert-OH is 2. The van der Waals surface area contributed by atoms with Gasteiger partial charge in [-0.3, -0.25) is 4.68 Å². The summed E-state index contributed by atoms with van der Waals surface area (Å²) in [4.78, 5) is 0. The minimum Gasteiger partial charge on any atom is -0.393 e. The second kappa shape index (κ2) is 4.91. The van der Waals surface area contributed by atoms with Gasteiger partial charge in [-0.1, -0.05) is 0 Å². The summed E-state index contributed by atoms with van der Waals surface area (Å²) in [7, 11) is 0. The molecular weight excluding hydrogens is 248 g/mol. The average Bonchev–Trinajstić information content (AvgIpc) is 2.46. The van der Waals surface area contributed by atoms with Gasteiger partial charge < -0.3 is 10.2 Å². The second-order valence-electron chi connectivity index (χ2n) is 3.53. The van der Waals surface area contributed by atoms with E-state index in [0.29, 0.717) is 6.42 Å². The summed E-state index contributed by atoms with van der Waals surface area (Å²) in [5.41, 5.74) is 0. The first-order chi connectivity index (χ1) is 6.50. The molecule has 1 rings (SSSR count). The summed E-state index contributed by atoms with van der Waals surface area (Å²) in [5.74, 6) is 0. The van der Waals surface area contributed by atoms with E-state index in [9.17, 15) is 10.2 Å². The first-order valence-electron chi connectivity index (χ1n) is 4.56. The summed E-state index contributed by atoms with van der Waals surface area (Å²) < 4.78 is 2.54. The van der Waals surface area contributed by atoms with Crippen LogP contribution < -0.4 is 0 Å². The molecule has 0 amide bonds. The quantitative estimate of drug-likeness (QED) is 0.861. The molecular formula is C9H15BrN2O2. The highest BCUT2D eigenvalue weighted by molar-refractivity contribution is 9.10. The maximum absolute atomic E-state index is 9.54. The van der Waals surface area contributed by atoms with Crippen LogP contribution in [0.15, 0.2) is 16.9 Å². The van der Waals surface area contributed by atoms with E-state index < -0.39 is 12.2 Å². The molecule has 0 spiro atoms. The Bertz CT molecular complexity index is 286. The van der Waals surface area contributed by atoms with E-state index in [4.69, 9.17) is 0 Å². The van der Waals surface area contributed by atoms with Crippen LogP contribution in [0.1, 0.15) is 26.3 Å². The smallest absolute Gasteiger partial charge is 0.0800 e. The molecule has 0 aliphatic carbocycles. The van der Waals surface area contributed by atoms with Crippen LogP contribution in [0, 0.1) is 0 Å². The van der Waals surface area contributed by atoms with Crippen molar-refractivity contribution in [2.45, 2.75) is 38.5 Å². The molecule has 0 aromatic carbocycles. The molecule has 0 fully saturated rings. The van der Waals surface area contributed by atoms with E-state index in [1.165, 1.54) is 0 Å². The molecule has 0 unspecified atom stereocenters. The van der Waals surface area contributed by atoms with Crippen LogP contribution in [0.5, 0.6) is 0 Å². The van der Waals surface area contributed by atoms with Crippen molar-refractivity contribution in [3.8, 4) is 0 Å². The number of hydrogen-bond acceptors (Lipinski definition) is 3. The van der Waals surface area contributed by atoms with Gasteiger partial charge in [0.05, 0.1) is 28.9 Å². The number of nitrogens with zero attached hydrogens (tertiary/aromatic N) is 2. The van der Waals surface area contributed by atoms with Crippen molar-refractivity contribution >= 4 is 15.9 Å². The van der Waals surface area contributed by atoms with E-state index in [0.717, 1.165) is 4.47 Å². The van der Waals surface area contributed by atoms with Gasteiger partial charge in [-0.05, 0) is 36.2 Å². The van der Waals surface area contributed by atoms with Crippen LogP contribution in [-0.4, -0.2) is 32.2 Å². The molecule has 2 N–H and O–H groups in total. The number of hydrogen-bond donors (Lipinski definition) is 2. The summed E-state index contributed by atoms with van der Waals surface area (Å²) in [5, 5.41) is 22.9. The summed E-state index contributed by atoms with van der Waals surface area (Å²) >= 11 is 3.29. The highest BCUT2D eigenvalue weighted by atomic mass is 79.9. The molecule has 4 nitrogen and oxygen atoms in total. The fraction of sp³-hybridized carbons (Fsp3) is 0.667. The van der Waals surface area contributed by atoms with Crippen LogP contribution >= 0.6 is 15.9 Å². The zero-order valence-corrected chi connectivity index (χ0v) is 9.85. The van der Waals surface area contributed by atoms with Gasteiger partial charge >= 0.3 is 0 Å². The van der Waals surface area contributed by atoms with Crippen LogP contribution in [0.4, 0.5) is 0 Å². The van der Waals surface area contributed by atoms with Gasteiger partial charge in [-0.2, -0.15) is 5.10 Å². The van der Waals surface area contributed by atoms with E-state index >= 15 is 0 Å². The van der Waals surface area contributed by atoms with E-state index in [1.807, 2.05) is 0 Å². The molecule has 0 saturated carbocycles. The Labute approximate surface area is 91.7 Å². The monoisotopic (exact) mass is 262 g/mol. The third-order valence-corrected chi connectivity index (χ3v) is 2.46. The zero-order valence-electron chi connectivity index (χ0n) is 8.26. The molecule has 1 heterocycles. The topological polar surface area (TPSA) is 58.3 Å². The highest BCUT2D eigenvalue weighted by Crippen LogP contribution is 2.19. The van der Waals surface area contributed by atoms with Crippen molar-refractivity contribution in [1.29, 1.82) is 0 Å². The Kier molecular flexibility index (Phi) is 4.10. The molecule has 0 aliphatic heterocycles. The molecule has 3 atom stereocenters. The van der Waals surface area contributed by atoms with Crippen LogP contribution in [0.2, 0.25) is 0 Å². The molecule has 1 aromatic rings. The fourth-order valence-corrected chi connectivity index (χ4v) is 1.67. The van der Waals surface area contributed by atoms with Crippen molar-refractivity contribution in [1.82, 2.24) is 9.78 Å². The molecule has 5 heteroatoms.